The molecule has 0 saturated heterocycles. The van der Waals surface area contributed by atoms with E-state index in [1.807, 2.05) is 0 Å². The van der Waals surface area contributed by atoms with Crippen molar-refractivity contribution in [3.63, 3.8) is 0 Å². The Hall–Kier alpha value is -2.35. The Kier molecular flexibility index (Phi) is 5.16. The molecule has 2 aromatic rings. The molecule has 7 nitrogen and oxygen atoms in total. The van der Waals surface area contributed by atoms with Crippen LogP contribution in [0, 0.1) is 6.92 Å². The van der Waals surface area contributed by atoms with Gasteiger partial charge in [0.25, 0.3) is 5.91 Å². The van der Waals surface area contributed by atoms with Crippen molar-refractivity contribution in [3.8, 4) is 0 Å². The van der Waals surface area contributed by atoms with E-state index in [4.69, 9.17) is 0 Å². The number of amides is 2. The summed E-state index contributed by atoms with van der Waals surface area (Å²) in [5.41, 5.74) is 1.22. The molecule has 116 valence electrons. The van der Waals surface area contributed by atoms with Crippen molar-refractivity contribution in [1.29, 1.82) is 0 Å². The molecule has 2 amide bonds. The summed E-state index contributed by atoms with van der Waals surface area (Å²) in [6.45, 7) is 1.80. The number of hydrogen-bond acceptors (Lipinski definition) is 5. The number of aromatic amines is 1. The third kappa shape index (κ3) is 4.32. The molecule has 0 radical (unpaired) electrons. The van der Waals surface area contributed by atoms with Gasteiger partial charge in [-0.15, -0.1) is 5.10 Å². The molecular weight excluding hydrogens is 302 g/mol. The zero-order chi connectivity index (χ0) is 16.1. The number of nitrogens with zero attached hydrogens (tertiary/aromatic N) is 3. The van der Waals surface area contributed by atoms with Gasteiger partial charge in [0.2, 0.25) is 11.1 Å². The van der Waals surface area contributed by atoms with E-state index >= 15 is 0 Å². The maximum Gasteiger partial charge on any atom is 0.253 e. The van der Waals surface area contributed by atoms with Crippen LogP contribution in [0.5, 0.6) is 0 Å². The summed E-state index contributed by atoms with van der Waals surface area (Å²) in [5, 5.41) is 9.97. The van der Waals surface area contributed by atoms with Gasteiger partial charge in [-0.1, -0.05) is 11.8 Å². The Labute approximate surface area is 132 Å². The van der Waals surface area contributed by atoms with Crippen molar-refractivity contribution in [2.75, 3.05) is 25.2 Å². The molecule has 1 aromatic carbocycles. The molecule has 0 bridgehead atoms. The summed E-state index contributed by atoms with van der Waals surface area (Å²) in [6, 6.07) is 6.78. The maximum atomic E-state index is 11.8. The Bertz CT molecular complexity index is 666. The molecule has 0 aliphatic heterocycles. The van der Waals surface area contributed by atoms with Gasteiger partial charge in [0.1, 0.15) is 5.82 Å². The average Bonchev–Trinajstić information content (AvgIpc) is 2.91. The Balaban J connectivity index is 1.87. The third-order valence-corrected chi connectivity index (χ3v) is 3.58. The van der Waals surface area contributed by atoms with Gasteiger partial charge in [0.15, 0.2) is 0 Å². The monoisotopic (exact) mass is 319 g/mol. The highest BCUT2D eigenvalue weighted by Crippen LogP contribution is 2.14. The summed E-state index contributed by atoms with van der Waals surface area (Å²) in [6.07, 6.45) is 0. The maximum absolute atomic E-state index is 11.8. The quantitative estimate of drug-likeness (QED) is 0.816. The molecular formula is C14H17N5O2S. The lowest BCUT2D eigenvalue weighted by atomic mass is 10.2. The van der Waals surface area contributed by atoms with Crippen LogP contribution in [0.2, 0.25) is 0 Å². The molecule has 0 atom stereocenters. The summed E-state index contributed by atoms with van der Waals surface area (Å²) in [5.74, 6) is 0.701. The number of benzene rings is 1. The fourth-order valence-corrected chi connectivity index (χ4v) is 2.31. The largest absolute Gasteiger partial charge is 0.345 e. The van der Waals surface area contributed by atoms with E-state index in [0.717, 1.165) is 0 Å². The Morgan fingerprint density at radius 2 is 1.95 bits per heavy atom. The molecule has 0 unspecified atom stereocenters. The summed E-state index contributed by atoms with van der Waals surface area (Å²) in [7, 11) is 3.39. The summed E-state index contributed by atoms with van der Waals surface area (Å²) >= 11 is 1.25. The molecule has 1 heterocycles. The second kappa shape index (κ2) is 7.08. The van der Waals surface area contributed by atoms with Gasteiger partial charge in [0, 0.05) is 25.3 Å². The highest BCUT2D eigenvalue weighted by Gasteiger charge is 2.09. The number of hydrogen-bond donors (Lipinski definition) is 2. The predicted molar refractivity (Wildman–Crippen MR) is 84.9 cm³/mol. The highest BCUT2D eigenvalue weighted by atomic mass is 32.2. The van der Waals surface area contributed by atoms with Crippen molar-refractivity contribution < 1.29 is 9.59 Å². The summed E-state index contributed by atoms with van der Waals surface area (Å²) < 4.78 is 0. The van der Waals surface area contributed by atoms with Crippen molar-refractivity contribution in [2.24, 2.45) is 0 Å². The van der Waals surface area contributed by atoms with Gasteiger partial charge in [-0.2, -0.15) is 0 Å². The van der Waals surface area contributed by atoms with Gasteiger partial charge < -0.3 is 10.2 Å². The first-order valence-electron chi connectivity index (χ1n) is 6.59. The van der Waals surface area contributed by atoms with Crippen LogP contribution in [0.15, 0.2) is 29.4 Å². The van der Waals surface area contributed by atoms with Gasteiger partial charge in [-0.3, -0.25) is 14.7 Å². The van der Waals surface area contributed by atoms with E-state index in [9.17, 15) is 9.59 Å². The Morgan fingerprint density at radius 1 is 1.27 bits per heavy atom. The zero-order valence-electron chi connectivity index (χ0n) is 12.6. The van der Waals surface area contributed by atoms with Crippen LogP contribution in [0.3, 0.4) is 0 Å². The van der Waals surface area contributed by atoms with Crippen LogP contribution in [0.1, 0.15) is 16.2 Å². The molecule has 0 fully saturated rings. The van der Waals surface area contributed by atoms with Crippen LogP contribution in [-0.4, -0.2) is 51.7 Å². The molecule has 2 rings (SSSR count). The lowest BCUT2D eigenvalue weighted by molar-refractivity contribution is -0.113. The molecule has 0 aliphatic carbocycles. The van der Waals surface area contributed by atoms with Gasteiger partial charge in [-0.25, -0.2) is 4.98 Å². The molecule has 0 aliphatic rings. The fourth-order valence-electron chi connectivity index (χ4n) is 1.67. The normalized spacial score (nSPS) is 10.3. The van der Waals surface area contributed by atoms with Gasteiger partial charge >= 0.3 is 0 Å². The molecule has 22 heavy (non-hydrogen) atoms. The van der Waals surface area contributed by atoms with Crippen molar-refractivity contribution in [3.05, 3.63) is 35.7 Å². The van der Waals surface area contributed by atoms with E-state index in [2.05, 4.69) is 20.5 Å². The highest BCUT2D eigenvalue weighted by molar-refractivity contribution is 7.99. The van der Waals surface area contributed by atoms with E-state index < -0.39 is 0 Å². The minimum absolute atomic E-state index is 0.0755. The van der Waals surface area contributed by atoms with Gasteiger partial charge in [0.05, 0.1) is 5.75 Å². The summed E-state index contributed by atoms with van der Waals surface area (Å²) in [4.78, 5) is 29.2. The van der Waals surface area contributed by atoms with E-state index in [-0.39, 0.29) is 17.6 Å². The van der Waals surface area contributed by atoms with Crippen molar-refractivity contribution in [1.82, 2.24) is 20.1 Å². The minimum Gasteiger partial charge on any atom is -0.345 e. The average molecular weight is 319 g/mol. The van der Waals surface area contributed by atoms with E-state index in [1.54, 1.807) is 45.3 Å². The number of carbonyl (C=O) groups is 2. The van der Waals surface area contributed by atoms with Crippen LogP contribution in [-0.2, 0) is 4.79 Å². The number of nitrogens with one attached hydrogen (secondary N) is 2. The van der Waals surface area contributed by atoms with Crippen molar-refractivity contribution in [2.45, 2.75) is 12.1 Å². The van der Waals surface area contributed by atoms with Crippen LogP contribution in [0.4, 0.5) is 5.69 Å². The predicted octanol–water partition coefficient (Wildman–Crippen LogP) is 1.55. The standard InChI is InChI=1S/C14H17N5O2S/c1-9-15-14(18-17-9)22-8-12(20)16-11-6-4-10(5-7-11)13(21)19(2)3/h4-7H,8H2,1-3H3,(H,16,20)(H,15,17,18). The smallest absolute Gasteiger partial charge is 0.253 e. The van der Waals surface area contributed by atoms with Crippen LogP contribution >= 0.6 is 11.8 Å². The minimum atomic E-state index is -0.154. The second-order valence-electron chi connectivity index (χ2n) is 4.82. The molecule has 2 N–H and O–H groups in total. The number of carbonyl (C=O) groups excluding carboxylic acids is 2. The molecule has 0 spiro atoms. The molecule has 0 saturated carbocycles. The topological polar surface area (TPSA) is 91.0 Å². The first-order chi connectivity index (χ1) is 10.5. The first kappa shape index (κ1) is 16.0. The number of rotatable bonds is 5. The fraction of sp³-hybridized carbons (Fsp3) is 0.286. The Morgan fingerprint density at radius 3 is 2.50 bits per heavy atom. The zero-order valence-corrected chi connectivity index (χ0v) is 13.4. The SMILES string of the molecule is Cc1nc(SCC(=O)Nc2ccc(C(=O)N(C)C)cc2)n[nH]1. The van der Waals surface area contributed by atoms with E-state index in [0.29, 0.717) is 22.2 Å². The number of thioether (sulfide) groups is 1. The molecule has 8 heteroatoms. The van der Waals surface area contributed by atoms with Gasteiger partial charge in [-0.05, 0) is 31.2 Å². The number of aryl methyl sites for hydroxylation is 1. The van der Waals surface area contributed by atoms with E-state index in [1.165, 1.54) is 16.7 Å². The lowest BCUT2D eigenvalue weighted by Gasteiger charge is -2.10. The second-order valence-corrected chi connectivity index (χ2v) is 5.76. The third-order valence-electron chi connectivity index (χ3n) is 2.73. The van der Waals surface area contributed by atoms with Crippen molar-refractivity contribution >= 4 is 29.3 Å². The first-order valence-corrected chi connectivity index (χ1v) is 7.57. The number of aromatic nitrogens is 3. The van der Waals surface area contributed by atoms with Crippen LogP contribution in [0.25, 0.3) is 0 Å². The van der Waals surface area contributed by atoms with Crippen LogP contribution < -0.4 is 5.32 Å². The lowest BCUT2D eigenvalue weighted by Crippen LogP contribution is -2.21. The number of anilines is 1. The number of H-pyrrole nitrogens is 1. The molecule has 1 aromatic heterocycles.